The van der Waals surface area contributed by atoms with E-state index in [0.717, 1.165) is 24.4 Å². The van der Waals surface area contributed by atoms with Gasteiger partial charge in [-0.3, -0.25) is 19.1 Å². The maximum atomic E-state index is 12.9. The first-order valence-corrected chi connectivity index (χ1v) is 10.5. The second kappa shape index (κ2) is 8.46. The van der Waals surface area contributed by atoms with Gasteiger partial charge in [0.15, 0.2) is 5.16 Å². The van der Waals surface area contributed by atoms with Gasteiger partial charge < -0.3 is 10.1 Å². The number of fused-ring (bicyclic) bond motifs is 1. The van der Waals surface area contributed by atoms with E-state index in [2.05, 4.69) is 15.2 Å². The van der Waals surface area contributed by atoms with E-state index in [9.17, 15) is 9.59 Å². The van der Waals surface area contributed by atoms with Gasteiger partial charge in [-0.25, -0.2) is 4.98 Å². The minimum atomic E-state index is -0.372. The van der Waals surface area contributed by atoms with Crippen molar-refractivity contribution in [1.82, 2.24) is 19.8 Å². The van der Waals surface area contributed by atoms with Gasteiger partial charge in [-0.05, 0) is 12.5 Å². The monoisotopic (exact) mass is 400 g/mol. The van der Waals surface area contributed by atoms with Gasteiger partial charge in [-0.1, -0.05) is 41.6 Å². The number of aryl methyl sites for hydroxylation is 1. The van der Waals surface area contributed by atoms with Crippen molar-refractivity contribution in [1.29, 1.82) is 0 Å². The zero-order valence-corrected chi connectivity index (χ0v) is 16.7. The number of carbonyl (C=O) groups is 1. The Kier molecular flexibility index (Phi) is 5.79. The van der Waals surface area contributed by atoms with Gasteiger partial charge >= 0.3 is 0 Å². The van der Waals surface area contributed by atoms with Crippen molar-refractivity contribution in [3.8, 4) is 0 Å². The van der Waals surface area contributed by atoms with Crippen LogP contribution in [0.3, 0.4) is 0 Å². The highest BCUT2D eigenvalue weighted by molar-refractivity contribution is 7.99. The summed E-state index contributed by atoms with van der Waals surface area (Å²) in [6.07, 6.45) is 1.41. The molecule has 0 radical (unpaired) electrons. The second-order valence-electron chi connectivity index (χ2n) is 7.11. The topological polar surface area (TPSA) is 76.5 Å². The lowest BCUT2D eigenvalue weighted by atomic mass is 10.0. The summed E-state index contributed by atoms with van der Waals surface area (Å²) in [5.74, 6) is 0.444. The molecule has 3 heterocycles. The molecule has 2 aliphatic heterocycles. The quantitative estimate of drug-likeness (QED) is 0.766. The maximum absolute atomic E-state index is 12.9. The summed E-state index contributed by atoms with van der Waals surface area (Å²) in [4.78, 5) is 32.2. The van der Waals surface area contributed by atoms with Crippen molar-refractivity contribution in [3.05, 3.63) is 57.5 Å². The largest absolute Gasteiger partial charge is 0.379 e. The van der Waals surface area contributed by atoms with Gasteiger partial charge in [-0.2, -0.15) is 0 Å². The molecule has 0 unspecified atom stereocenters. The fraction of sp³-hybridized carbons (Fsp3) is 0.450. The van der Waals surface area contributed by atoms with Crippen molar-refractivity contribution in [3.63, 3.8) is 0 Å². The molecule has 148 valence electrons. The smallest absolute Gasteiger partial charge is 0.267 e. The highest BCUT2D eigenvalue weighted by Gasteiger charge is 2.24. The highest BCUT2D eigenvalue weighted by Crippen LogP contribution is 2.21. The lowest BCUT2D eigenvalue weighted by Gasteiger charge is -2.31. The molecule has 2 aliphatic rings. The molecule has 2 aromatic rings. The Hall–Kier alpha value is -2.16. The Morgan fingerprint density at radius 1 is 1.25 bits per heavy atom. The molecule has 1 atom stereocenters. The standard InChI is InChI=1S/C20H24N4O3S/c1-14-2-4-15(5-3-14)17(13-23-6-9-27-10-7-23)22-18(25)16-12-21-20-24(19(16)26)8-11-28-20/h2-5,12,17H,6-11,13H2,1H3,(H,22,25)/t17-/m1/s1. The van der Waals surface area contributed by atoms with E-state index in [1.54, 1.807) is 4.57 Å². The molecule has 28 heavy (non-hydrogen) atoms. The van der Waals surface area contributed by atoms with E-state index in [4.69, 9.17) is 4.74 Å². The fourth-order valence-corrected chi connectivity index (χ4v) is 4.40. The minimum absolute atomic E-state index is 0.102. The van der Waals surface area contributed by atoms with Gasteiger partial charge in [-0.15, -0.1) is 0 Å². The third kappa shape index (κ3) is 4.14. The normalized spacial score (nSPS) is 17.9. The molecule has 7 nitrogen and oxygen atoms in total. The van der Waals surface area contributed by atoms with Crippen LogP contribution in [0.4, 0.5) is 0 Å². The summed E-state index contributed by atoms with van der Waals surface area (Å²) in [5.41, 5.74) is 2.03. The van der Waals surface area contributed by atoms with Crippen molar-refractivity contribution in [2.75, 3.05) is 38.6 Å². The Balaban J connectivity index is 1.57. The summed E-state index contributed by atoms with van der Waals surface area (Å²) in [7, 11) is 0. The van der Waals surface area contributed by atoms with Crippen LogP contribution in [-0.4, -0.2) is 59.0 Å². The zero-order chi connectivity index (χ0) is 19.5. The van der Waals surface area contributed by atoms with Crippen LogP contribution in [0.1, 0.15) is 27.5 Å². The van der Waals surface area contributed by atoms with Gasteiger partial charge in [0.2, 0.25) is 0 Å². The lowest BCUT2D eigenvalue weighted by molar-refractivity contribution is 0.0332. The van der Waals surface area contributed by atoms with Crippen LogP contribution in [0, 0.1) is 6.92 Å². The van der Waals surface area contributed by atoms with Gasteiger partial charge in [0.05, 0.1) is 19.3 Å². The van der Waals surface area contributed by atoms with Crippen LogP contribution >= 0.6 is 11.8 Å². The van der Waals surface area contributed by atoms with Gasteiger partial charge in [0, 0.05) is 38.1 Å². The molecule has 1 fully saturated rings. The molecule has 8 heteroatoms. The SMILES string of the molecule is Cc1ccc([C@@H](CN2CCOCC2)NC(=O)c2cnc3n(c2=O)CCS3)cc1. The highest BCUT2D eigenvalue weighted by atomic mass is 32.2. The predicted molar refractivity (Wildman–Crippen MR) is 108 cm³/mol. The van der Waals surface area contributed by atoms with Gasteiger partial charge in [0.1, 0.15) is 5.56 Å². The molecule has 1 aromatic carbocycles. The number of hydrogen-bond donors (Lipinski definition) is 1. The van der Waals surface area contributed by atoms with E-state index >= 15 is 0 Å². The van der Waals surface area contributed by atoms with Crippen molar-refractivity contribution >= 4 is 17.7 Å². The molecular weight excluding hydrogens is 376 g/mol. The first kappa shape index (κ1) is 19.2. The lowest BCUT2D eigenvalue weighted by Crippen LogP contribution is -2.44. The number of morpholine rings is 1. The summed E-state index contributed by atoms with van der Waals surface area (Å²) in [6.45, 7) is 6.37. The predicted octanol–water partition coefficient (Wildman–Crippen LogP) is 1.46. The number of benzene rings is 1. The van der Waals surface area contributed by atoms with Crippen molar-refractivity contribution in [2.45, 2.75) is 24.7 Å². The first-order valence-electron chi connectivity index (χ1n) is 9.52. The molecule has 0 saturated carbocycles. The average Bonchev–Trinajstić information content (AvgIpc) is 3.19. The fourth-order valence-electron chi connectivity index (χ4n) is 3.48. The van der Waals surface area contributed by atoms with Gasteiger partial charge in [0.25, 0.3) is 11.5 Å². The van der Waals surface area contributed by atoms with E-state index in [0.29, 0.717) is 31.5 Å². The molecule has 0 bridgehead atoms. The maximum Gasteiger partial charge on any atom is 0.267 e. The molecule has 4 rings (SSSR count). The van der Waals surface area contributed by atoms with Crippen LogP contribution in [0.25, 0.3) is 0 Å². The number of nitrogens with zero attached hydrogens (tertiary/aromatic N) is 3. The first-order chi connectivity index (χ1) is 13.6. The summed E-state index contributed by atoms with van der Waals surface area (Å²) < 4.78 is 7.01. The van der Waals surface area contributed by atoms with Crippen LogP contribution in [0.15, 0.2) is 40.4 Å². The van der Waals surface area contributed by atoms with Crippen LogP contribution in [0.5, 0.6) is 0 Å². The molecular formula is C20H24N4O3S. The summed E-state index contributed by atoms with van der Waals surface area (Å²) >= 11 is 1.54. The number of carbonyl (C=O) groups excluding carboxylic acids is 1. The molecule has 0 spiro atoms. The third-order valence-corrected chi connectivity index (χ3v) is 6.10. The second-order valence-corrected chi connectivity index (χ2v) is 8.17. The summed E-state index contributed by atoms with van der Waals surface area (Å²) in [5, 5.41) is 3.75. The number of thioether (sulfide) groups is 1. The Morgan fingerprint density at radius 2 is 2.00 bits per heavy atom. The average molecular weight is 401 g/mol. The van der Waals surface area contributed by atoms with Crippen LogP contribution in [0.2, 0.25) is 0 Å². The van der Waals surface area contributed by atoms with Crippen LogP contribution in [-0.2, 0) is 11.3 Å². The molecule has 1 aromatic heterocycles. The molecule has 1 amide bonds. The van der Waals surface area contributed by atoms with E-state index in [1.165, 1.54) is 23.5 Å². The molecule has 1 N–H and O–H groups in total. The Bertz CT molecular complexity index is 907. The van der Waals surface area contributed by atoms with Crippen molar-refractivity contribution < 1.29 is 9.53 Å². The number of aromatic nitrogens is 2. The third-order valence-electron chi connectivity index (χ3n) is 5.13. The Morgan fingerprint density at radius 3 is 2.75 bits per heavy atom. The van der Waals surface area contributed by atoms with E-state index in [1.807, 2.05) is 31.2 Å². The number of amides is 1. The number of hydrogen-bond acceptors (Lipinski definition) is 6. The molecule has 1 saturated heterocycles. The number of ether oxygens (including phenoxy) is 1. The number of rotatable bonds is 5. The Labute approximate surface area is 168 Å². The zero-order valence-electron chi connectivity index (χ0n) is 15.9. The van der Waals surface area contributed by atoms with E-state index in [-0.39, 0.29) is 23.1 Å². The number of nitrogens with one attached hydrogen (secondary N) is 1. The minimum Gasteiger partial charge on any atom is -0.379 e. The van der Waals surface area contributed by atoms with Crippen molar-refractivity contribution in [2.24, 2.45) is 0 Å². The summed E-state index contributed by atoms with van der Waals surface area (Å²) in [6, 6.07) is 7.93. The van der Waals surface area contributed by atoms with Crippen LogP contribution < -0.4 is 10.9 Å². The molecule has 0 aliphatic carbocycles. The van der Waals surface area contributed by atoms with E-state index < -0.39 is 0 Å².